The number of rotatable bonds is 8. The Hall–Kier alpha value is -2.31. The van der Waals surface area contributed by atoms with Crippen LogP contribution in [0.15, 0.2) is 24.4 Å². The highest BCUT2D eigenvalue weighted by atomic mass is 16.6. The summed E-state index contributed by atoms with van der Waals surface area (Å²) in [5.41, 5.74) is 1.61. The van der Waals surface area contributed by atoms with E-state index in [1.54, 1.807) is 22.9 Å². The maximum Gasteiger partial charge on any atom is 0.308 e. The first kappa shape index (κ1) is 17.1. The van der Waals surface area contributed by atoms with Crippen LogP contribution < -0.4 is 9.47 Å². The smallest absolute Gasteiger partial charge is 0.308 e. The zero-order valence-corrected chi connectivity index (χ0v) is 13.5. The molecule has 23 heavy (non-hydrogen) atoms. The standard InChI is InChI=1S/C16H20BN3O3/c1-3-4-7-20-10-14(18-19-20)11-22-16-8-13(9-17)5-6-15(16)23-12(2)21/h5-6,8,10H,3-4,7,9,11H2,1-2H3. The second kappa shape index (κ2) is 8.36. The number of benzene rings is 1. The molecule has 0 aliphatic rings. The molecule has 120 valence electrons. The number of unbranched alkanes of at least 4 members (excludes halogenated alkanes) is 1. The van der Waals surface area contributed by atoms with Crippen molar-refractivity contribution < 1.29 is 14.3 Å². The Bertz CT molecular complexity index is 658. The van der Waals surface area contributed by atoms with Crippen molar-refractivity contribution in [1.82, 2.24) is 15.0 Å². The van der Waals surface area contributed by atoms with Crippen LogP contribution in [0.25, 0.3) is 0 Å². The Kier molecular flexibility index (Phi) is 6.20. The first-order chi connectivity index (χ1) is 11.1. The number of aromatic nitrogens is 3. The molecule has 1 aromatic heterocycles. The third kappa shape index (κ3) is 5.12. The van der Waals surface area contributed by atoms with Crippen LogP contribution in [0.1, 0.15) is 37.9 Å². The number of hydrogen-bond donors (Lipinski definition) is 0. The number of esters is 1. The van der Waals surface area contributed by atoms with Gasteiger partial charge in [0, 0.05) is 13.5 Å². The average Bonchev–Trinajstić information content (AvgIpc) is 2.99. The zero-order valence-electron chi connectivity index (χ0n) is 13.5. The molecule has 2 rings (SSSR count). The lowest BCUT2D eigenvalue weighted by molar-refractivity contribution is -0.132. The van der Waals surface area contributed by atoms with Gasteiger partial charge >= 0.3 is 5.97 Å². The van der Waals surface area contributed by atoms with Crippen molar-refractivity contribution in [3.63, 3.8) is 0 Å². The lowest BCUT2D eigenvalue weighted by Crippen LogP contribution is -2.05. The van der Waals surface area contributed by atoms with E-state index in [1.165, 1.54) is 6.92 Å². The quantitative estimate of drug-likeness (QED) is 0.425. The van der Waals surface area contributed by atoms with Gasteiger partial charge in [0.05, 0.1) is 14.0 Å². The van der Waals surface area contributed by atoms with E-state index in [2.05, 4.69) is 17.2 Å². The van der Waals surface area contributed by atoms with Crippen LogP contribution in [0, 0.1) is 0 Å². The molecule has 0 aliphatic heterocycles. The SMILES string of the molecule is [B]Cc1ccc(OC(C)=O)c(OCc2cn(CCCC)nn2)c1. The summed E-state index contributed by atoms with van der Waals surface area (Å²) in [6, 6.07) is 5.24. The number of hydrogen-bond acceptors (Lipinski definition) is 5. The number of carbonyl (C=O) groups is 1. The van der Waals surface area contributed by atoms with Crippen LogP contribution in [0.4, 0.5) is 0 Å². The number of aryl methyl sites for hydroxylation is 1. The summed E-state index contributed by atoms with van der Waals surface area (Å²) in [5, 5.41) is 8.12. The van der Waals surface area contributed by atoms with Crippen molar-refractivity contribution in [2.75, 3.05) is 0 Å². The third-order valence-corrected chi connectivity index (χ3v) is 3.20. The van der Waals surface area contributed by atoms with Gasteiger partial charge < -0.3 is 9.47 Å². The third-order valence-electron chi connectivity index (χ3n) is 3.20. The van der Waals surface area contributed by atoms with E-state index in [0.29, 0.717) is 23.5 Å². The predicted octanol–water partition coefficient (Wildman–Crippen LogP) is 2.25. The molecule has 2 aromatic rings. The Morgan fingerprint density at radius 2 is 2.17 bits per heavy atom. The molecule has 7 heteroatoms. The maximum atomic E-state index is 11.2. The van der Waals surface area contributed by atoms with Gasteiger partial charge in [0.1, 0.15) is 12.3 Å². The molecule has 0 fully saturated rings. The van der Waals surface area contributed by atoms with Crippen LogP contribution in [0.3, 0.4) is 0 Å². The van der Waals surface area contributed by atoms with Crippen LogP contribution in [0.5, 0.6) is 11.5 Å². The molecule has 6 nitrogen and oxygen atoms in total. The van der Waals surface area contributed by atoms with Crippen molar-refractivity contribution in [1.29, 1.82) is 0 Å². The second-order valence-corrected chi connectivity index (χ2v) is 5.19. The lowest BCUT2D eigenvalue weighted by Gasteiger charge is -2.11. The summed E-state index contributed by atoms with van der Waals surface area (Å²) in [6.07, 6.45) is 4.39. The minimum atomic E-state index is -0.402. The Balaban J connectivity index is 2.05. The Morgan fingerprint density at radius 1 is 1.35 bits per heavy atom. The minimum Gasteiger partial charge on any atom is -0.483 e. The molecule has 2 radical (unpaired) electrons. The van der Waals surface area contributed by atoms with E-state index in [1.807, 2.05) is 6.20 Å². The summed E-state index contributed by atoms with van der Waals surface area (Å²) in [4.78, 5) is 11.2. The van der Waals surface area contributed by atoms with E-state index >= 15 is 0 Å². The van der Waals surface area contributed by atoms with Gasteiger partial charge in [-0.3, -0.25) is 9.48 Å². The number of ether oxygens (including phenoxy) is 2. The van der Waals surface area contributed by atoms with Crippen molar-refractivity contribution in [3.8, 4) is 11.5 Å². The zero-order chi connectivity index (χ0) is 16.7. The van der Waals surface area contributed by atoms with Gasteiger partial charge in [-0.05, 0) is 18.6 Å². The summed E-state index contributed by atoms with van der Waals surface area (Å²) < 4.78 is 12.7. The van der Waals surface area contributed by atoms with E-state index in [0.717, 1.165) is 24.9 Å². The number of carbonyl (C=O) groups excluding carboxylic acids is 1. The summed E-state index contributed by atoms with van der Waals surface area (Å²) in [7, 11) is 5.64. The highest BCUT2D eigenvalue weighted by Gasteiger charge is 2.10. The average molecular weight is 313 g/mol. The summed E-state index contributed by atoms with van der Waals surface area (Å²) in [6.45, 7) is 4.56. The summed E-state index contributed by atoms with van der Waals surface area (Å²) in [5.74, 6) is 0.431. The molecule has 0 bridgehead atoms. The van der Waals surface area contributed by atoms with Gasteiger partial charge in [-0.15, -0.1) is 5.10 Å². The molecule has 1 aromatic carbocycles. The van der Waals surface area contributed by atoms with Crippen LogP contribution >= 0.6 is 0 Å². The van der Waals surface area contributed by atoms with Crippen LogP contribution in [-0.4, -0.2) is 28.8 Å². The molecule has 0 saturated heterocycles. The van der Waals surface area contributed by atoms with Crippen molar-refractivity contribution in [3.05, 3.63) is 35.7 Å². The Morgan fingerprint density at radius 3 is 2.87 bits per heavy atom. The van der Waals surface area contributed by atoms with Crippen LogP contribution in [0.2, 0.25) is 0 Å². The second-order valence-electron chi connectivity index (χ2n) is 5.19. The lowest BCUT2D eigenvalue weighted by atomic mass is 9.97. The molecule has 0 unspecified atom stereocenters. The number of nitrogens with zero attached hydrogens (tertiary/aromatic N) is 3. The minimum absolute atomic E-state index is 0.244. The topological polar surface area (TPSA) is 66.2 Å². The normalized spacial score (nSPS) is 10.5. The highest BCUT2D eigenvalue weighted by Crippen LogP contribution is 2.29. The van der Waals surface area contributed by atoms with Gasteiger partial charge in [0.15, 0.2) is 11.5 Å². The van der Waals surface area contributed by atoms with E-state index in [9.17, 15) is 4.79 Å². The van der Waals surface area contributed by atoms with E-state index < -0.39 is 5.97 Å². The fraction of sp³-hybridized carbons (Fsp3) is 0.438. The van der Waals surface area contributed by atoms with Crippen LogP contribution in [-0.2, 0) is 24.3 Å². The van der Waals surface area contributed by atoms with Gasteiger partial charge in [-0.25, -0.2) is 0 Å². The first-order valence-corrected chi connectivity index (χ1v) is 7.65. The van der Waals surface area contributed by atoms with Gasteiger partial charge in [0.2, 0.25) is 0 Å². The fourth-order valence-corrected chi connectivity index (χ4v) is 2.02. The molecule has 1 heterocycles. The predicted molar refractivity (Wildman–Crippen MR) is 86.5 cm³/mol. The molecule has 0 amide bonds. The monoisotopic (exact) mass is 313 g/mol. The van der Waals surface area contributed by atoms with Gasteiger partial charge in [0.25, 0.3) is 0 Å². The molecule has 0 N–H and O–H groups in total. The van der Waals surface area contributed by atoms with Gasteiger partial charge in [-0.1, -0.05) is 36.5 Å². The van der Waals surface area contributed by atoms with E-state index in [-0.39, 0.29) is 6.61 Å². The van der Waals surface area contributed by atoms with Crippen molar-refractivity contribution >= 4 is 13.8 Å². The fourth-order valence-electron chi connectivity index (χ4n) is 2.02. The maximum absolute atomic E-state index is 11.2. The van der Waals surface area contributed by atoms with E-state index in [4.69, 9.17) is 17.3 Å². The van der Waals surface area contributed by atoms with Crippen molar-refractivity contribution in [2.45, 2.75) is 46.2 Å². The molecule has 0 spiro atoms. The largest absolute Gasteiger partial charge is 0.483 e. The molecule has 0 aliphatic carbocycles. The summed E-state index contributed by atoms with van der Waals surface area (Å²) >= 11 is 0. The molecular weight excluding hydrogens is 293 g/mol. The Labute approximate surface area is 137 Å². The van der Waals surface area contributed by atoms with Crippen molar-refractivity contribution in [2.24, 2.45) is 0 Å². The first-order valence-electron chi connectivity index (χ1n) is 7.65. The highest BCUT2D eigenvalue weighted by molar-refractivity contribution is 6.08. The van der Waals surface area contributed by atoms with Gasteiger partial charge in [-0.2, -0.15) is 0 Å². The molecule has 0 atom stereocenters. The molecular formula is C16H20BN3O3. The molecule has 0 saturated carbocycles.